The first-order chi connectivity index (χ1) is 10.2. The number of carbonyl (C=O) groups excluding carboxylic acids is 1. The number of amides is 1. The van der Waals surface area contributed by atoms with Crippen molar-refractivity contribution in [1.29, 1.82) is 0 Å². The van der Waals surface area contributed by atoms with E-state index in [1.54, 1.807) is 0 Å². The molecule has 21 heavy (non-hydrogen) atoms. The number of carbonyl (C=O) groups is 1. The van der Waals surface area contributed by atoms with Crippen LogP contribution in [-0.4, -0.2) is 24.2 Å². The molecule has 0 aromatic heterocycles. The van der Waals surface area contributed by atoms with E-state index in [2.05, 4.69) is 27.3 Å². The van der Waals surface area contributed by atoms with Gasteiger partial charge in [-0.05, 0) is 54.3 Å². The van der Waals surface area contributed by atoms with E-state index in [0.717, 1.165) is 34.5 Å². The lowest BCUT2D eigenvalue weighted by molar-refractivity contribution is 0.0841. The van der Waals surface area contributed by atoms with Crippen LogP contribution in [0.2, 0.25) is 0 Å². The highest BCUT2D eigenvalue weighted by molar-refractivity contribution is 9.10. The quantitative estimate of drug-likeness (QED) is 0.901. The Morgan fingerprint density at radius 3 is 2.71 bits per heavy atom. The summed E-state index contributed by atoms with van der Waals surface area (Å²) in [5.74, 6) is 0.000897. The SMILES string of the molecule is O=C(NC1CC2CCC1O2)c1ccc2cc(Br)ccc2c1. The fraction of sp³-hybridized carbons (Fsp3) is 0.353. The molecule has 1 amide bonds. The maximum atomic E-state index is 12.4. The summed E-state index contributed by atoms with van der Waals surface area (Å²) in [5.41, 5.74) is 0.715. The van der Waals surface area contributed by atoms with Crippen molar-refractivity contribution < 1.29 is 9.53 Å². The maximum absolute atomic E-state index is 12.4. The first kappa shape index (κ1) is 13.3. The van der Waals surface area contributed by atoms with Crippen LogP contribution in [0.1, 0.15) is 29.6 Å². The third-order valence-electron chi connectivity index (χ3n) is 4.49. The molecule has 3 nitrogen and oxygen atoms in total. The lowest BCUT2D eigenvalue weighted by atomic mass is 9.95. The fourth-order valence-electron chi connectivity index (χ4n) is 3.40. The lowest BCUT2D eigenvalue weighted by Crippen LogP contribution is -2.41. The third kappa shape index (κ3) is 2.47. The second kappa shape index (κ2) is 5.11. The van der Waals surface area contributed by atoms with Gasteiger partial charge in [0.2, 0.25) is 0 Å². The van der Waals surface area contributed by atoms with Crippen molar-refractivity contribution in [3.63, 3.8) is 0 Å². The van der Waals surface area contributed by atoms with E-state index < -0.39 is 0 Å². The van der Waals surface area contributed by atoms with Gasteiger partial charge in [-0.2, -0.15) is 0 Å². The molecule has 4 rings (SSSR count). The number of fused-ring (bicyclic) bond motifs is 3. The van der Waals surface area contributed by atoms with Gasteiger partial charge in [-0.3, -0.25) is 4.79 Å². The molecule has 0 saturated carbocycles. The number of rotatable bonds is 2. The van der Waals surface area contributed by atoms with Crippen molar-refractivity contribution in [3.8, 4) is 0 Å². The van der Waals surface area contributed by atoms with Crippen molar-refractivity contribution in [1.82, 2.24) is 5.32 Å². The summed E-state index contributed by atoms with van der Waals surface area (Å²) in [4.78, 5) is 12.4. The largest absolute Gasteiger partial charge is 0.373 e. The number of hydrogen-bond donors (Lipinski definition) is 1. The van der Waals surface area contributed by atoms with Crippen molar-refractivity contribution >= 4 is 32.6 Å². The zero-order chi connectivity index (χ0) is 14.4. The highest BCUT2D eigenvalue weighted by Gasteiger charge is 2.41. The van der Waals surface area contributed by atoms with Gasteiger partial charge < -0.3 is 10.1 Å². The van der Waals surface area contributed by atoms with Crippen LogP contribution in [0, 0.1) is 0 Å². The normalized spacial score (nSPS) is 27.2. The van der Waals surface area contributed by atoms with Gasteiger partial charge in [0, 0.05) is 10.0 Å². The van der Waals surface area contributed by atoms with E-state index in [9.17, 15) is 4.79 Å². The fourth-order valence-corrected chi connectivity index (χ4v) is 3.78. The number of halogens is 1. The summed E-state index contributed by atoms with van der Waals surface area (Å²) in [7, 11) is 0. The predicted molar refractivity (Wildman–Crippen MR) is 85.4 cm³/mol. The van der Waals surface area contributed by atoms with Crippen LogP contribution in [0.5, 0.6) is 0 Å². The Kier molecular flexibility index (Phi) is 3.23. The molecule has 2 aliphatic rings. The molecule has 2 aromatic carbocycles. The second-order valence-electron chi connectivity index (χ2n) is 5.90. The minimum Gasteiger partial charge on any atom is -0.373 e. The highest BCUT2D eigenvalue weighted by atomic mass is 79.9. The van der Waals surface area contributed by atoms with Crippen LogP contribution in [0.4, 0.5) is 0 Å². The second-order valence-corrected chi connectivity index (χ2v) is 6.81. The van der Waals surface area contributed by atoms with Crippen molar-refractivity contribution in [3.05, 3.63) is 46.4 Å². The Bertz CT molecular complexity index is 715. The average Bonchev–Trinajstić information content (AvgIpc) is 3.09. The minimum absolute atomic E-state index is 0.000897. The Balaban J connectivity index is 1.55. The molecule has 0 radical (unpaired) electrons. The first-order valence-corrected chi connectivity index (χ1v) is 8.14. The van der Waals surface area contributed by atoms with Gasteiger partial charge in [-0.1, -0.05) is 28.1 Å². The molecule has 108 valence electrons. The number of nitrogens with one attached hydrogen (secondary N) is 1. The average molecular weight is 346 g/mol. The van der Waals surface area contributed by atoms with Gasteiger partial charge in [0.15, 0.2) is 0 Å². The Morgan fingerprint density at radius 2 is 1.95 bits per heavy atom. The standard InChI is InChI=1S/C17H16BrNO2/c18-13-4-3-10-7-12(2-1-11(10)8-13)17(20)19-15-9-14-5-6-16(15)21-14/h1-4,7-8,14-16H,5-6,9H2,(H,19,20). The van der Waals surface area contributed by atoms with Crippen LogP contribution in [0.3, 0.4) is 0 Å². The zero-order valence-corrected chi connectivity index (χ0v) is 13.1. The predicted octanol–water partition coefficient (Wildman–Crippen LogP) is 3.65. The summed E-state index contributed by atoms with van der Waals surface area (Å²) in [6.45, 7) is 0. The topological polar surface area (TPSA) is 38.3 Å². The third-order valence-corrected chi connectivity index (χ3v) is 4.98. The summed E-state index contributed by atoms with van der Waals surface area (Å²) in [6.07, 6.45) is 3.74. The highest BCUT2D eigenvalue weighted by Crippen LogP contribution is 2.34. The van der Waals surface area contributed by atoms with E-state index >= 15 is 0 Å². The Labute approximate surface area is 131 Å². The molecular formula is C17H16BrNO2. The van der Waals surface area contributed by atoms with Crippen LogP contribution in [0.25, 0.3) is 10.8 Å². The summed E-state index contributed by atoms with van der Waals surface area (Å²) in [6, 6.07) is 12.1. The summed E-state index contributed by atoms with van der Waals surface area (Å²) in [5, 5.41) is 5.34. The van der Waals surface area contributed by atoms with Gasteiger partial charge in [-0.15, -0.1) is 0 Å². The van der Waals surface area contributed by atoms with Gasteiger partial charge in [-0.25, -0.2) is 0 Å². The molecular weight excluding hydrogens is 330 g/mol. The van der Waals surface area contributed by atoms with Gasteiger partial charge in [0.1, 0.15) is 0 Å². The number of hydrogen-bond acceptors (Lipinski definition) is 2. The monoisotopic (exact) mass is 345 g/mol. The van der Waals surface area contributed by atoms with Crippen molar-refractivity contribution in [2.45, 2.75) is 37.5 Å². The Hall–Kier alpha value is -1.39. The smallest absolute Gasteiger partial charge is 0.251 e. The van der Waals surface area contributed by atoms with Gasteiger partial charge in [0.25, 0.3) is 5.91 Å². The van der Waals surface area contributed by atoms with Crippen LogP contribution in [-0.2, 0) is 4.74 Å². The van der Waals surface area contributed by atoms with Crippen molar-refractivity contribution in [2.75, 3.05) is 0 Å². The molecule has 1 N–H and O–H groups in total. The first-order valence-electron chi connectivity index (χ1n) is 7.35. The van der Waals surface area contributed by atoms with E-state index in [0.29, 0.717) is 11.7 Å². The Morgan fingerprint density at radius 1 is 1.14 bits per heavy atom. The molecule has 2 bridgehead atoms. The van der Waals surface area contributed by atoms with E-state index in [-0.39, 0.29) is 18.1 Å². The molecule has 2 aromatic rings. The molecule has 2 aliphatic heterocycles. The number of ether oxygens (including phenoxy) is 1. The molecule has 2 heterocycles. The van der Waals surface area contributed by atoms with E-state index in [1.165, 1.54) is 0 Å². The van der Waals surface area contributed by atoms with Gasteiger partial charge in [0.05, 0.1) is 18.2 Å². The zero-order valence-electron chi connectivity index (χ0n) is 11.5. The maximum Gasteiger partial charge on any atom is 0.251 e. The van der Waals surface area contributed by atoms with Crippen LogP contribution < -0.4 is 5.32 Å². The van der Waals surface area contributed by atoms with E-state index in [1.807, 2.05) is 30.3 Å². The summed E-state index contributed by atoms with van der Waals surface area (Å²) < 4.78 is 6.83. The molecule has 2 fully saturated rings. The molecule has 2 saturated heterocycles. The lowest BCUT2D eigenvalue weighted by Gasteiger charge is -2.20. The number of benzene rings is 2. The van der Waals surface area contributed by atoms with Crippen molar-refractivity contribution in [2.24, 2.45) is 0 Å². The molecule has 0 aliphatic carbocycles. The molecule has 4 heteroatoms. The van der Waals surface area contributed by atoms with Gasteiger partial charge >= 0.3 is 0 Å². The summed E-state index contributed by atoms with van der Waals surface area (Å²) >= 11 is 3.46. The van der Waals surface area contributed by atoms with E-state index in [4.69, 9.17) is 4.74 Å². The molecule has 3 unspecified atom stereocenters. The minimum atomic E-state index is 0.000897. The van der Waals surface area contributed by atoms with Crippen LogP contribution in [0.15, 0.2) is 40.9 Å². The molecule has 0 spiro atoms. The molecule has 3 atom stereocenters. The van der Waals surface area contributed by atoms with Crippen LogP contribution >= 0.6 is 15.9 Å².